The van der Waals surface area contributed by atoms with Crippen LogP contribution in [0.4, 0.5) is 0 Å². The van der Waals surface area contributed by atoms with Crippen LogP contribution in [0, 0.1) is 0 Å². The lowest BCUT2D eigenvalue weighted by molar-refractivity contribution is 0.669. The Labute approximate surface area is 182 Å². The number of fused-ring (bicyclic) bond motifs is 4. The van der Waals surface area contributed by atoms with Gasteiger partial charge in [0, 0.05) is 15.2 Å². The summed E-state index contributed by atoms with van der Waals surface area (Å²) in [5, 5.41) is 4.78. The van der Waals surface area contributed by atoms with Gasteiger partial charge in [0.15, 0.2) is 0 Å². The summed E-state index contributed by atoms with van der Waals surface area (Å²) in [6.45, 7) is 0. The second-order valence-corrected chi connectivity index (χ2v) is 8.44. The third-order valence-corrected chi connectivity index (χ3v) is 6.23. The first kappa shape index (κ1) is 17.5. The van der Waals surface area contributed by atoms with Crippen LogP contribution in [-0.2, 0) is 0 Å². The quantitative estimate of drug-likeness (QED) is 0.257. The normalized spacial score (nSPS) is 11.5. The van der Waals surface area contributed by atoms with E-state index in [-0.39, 0.29) is 0 Å². The van der Waals surface area contributed by atoms with Crippen LogP contribution in [0.25, 0.3) is 55.0 Å². The van der Waals surface area contributed by atoms with Gasteiger partial charge in [-0.3, -0.25) is 0 Å². The first-order chi connectivity index (χ1) is 14.8. The van der Waals surface area contributed by atoms with Gasteiger partial charge in [0.2, 0.25) is 0 Å². The lowest BCUT2D eigenvalue weighted by Gasteiger charge is -2.14. The minimum Gasteiger partial charge on any atom is -0.456 e. The van der Waals surface area contributed by atoms with Crippen molar-refractivity contribution >= 4 is 48.6 Å². The largest absolute Gasteiger partial charge is 0.456 e. The Morgan fingerprint density at radius 2 is 1.27 bits per heavy atom. The van der Waals surface area contributed by atoms with E-state index in [0.29, 0.717) is 0 Å². The number of rotatable bonds is 2. The molecule has 0 aliphatic rings. The van der Waals surface area contributed by atoms with Gasteiger partial charge < -0.3 is 4.42 Å². The molecule has 1 heterocycles. The molecule has 0 spiro atoms. The van der Waals surface area contributed by atoms with E-state index in [4.69, 9.17) is 4.42 Å². The van der Waals surface area contributed by atoms with Crippen molar-refractivity contribution in [3.63, 3.8) is 0 Å². The minimum atomic E-state index is 0.909. The zero-order valence-electron chi connectivity index (χ0n) is 16.1. The van der Waals surface area contributed by atoms with Gasteiger partial charge in [-0.25, -0.2) is 0 Å². The molecule has 0 saturated heterocycles. The van der Waals surface area contributed by atoms with E-state index in [2.05, 4.69) is 107 Å². The number of halogens is 1. The average molecular weight is 449 g/mol. The van der Waals surface area contributed by atoms with Crippen molar-refractivity contribution in [2.24, 2.45) is 0 Å². The van der Waals surface area contributed by atoms with Crippen molar-refractivity contribution in [1.82, 2.24) is 0 Å². The lowest BCUT2D eigenvalue weighted by atomic mass is 9.89. The van der Waals surface area contributed by atoms with Gasteiger partial charge in [-0.1, -0.05) is 88.7 Å². The summed E-state index contributed by atoms with van der Waals surface area (Å²) < 4.78 is 7.12. The predicted octanol–water partition coefficient (Wildman–Crippen LogP) is 8.84. The summed E-state index contributed by atoms with van der Waals surface area (Å²) in [4.78, 5) is 0. The summed E-state index contributed by atoms with van der Waals surface area (Å²) in [5.41, 5.74) is 6.73. The molecule has 1 aromatic heterocycles. The molecule has 0 aliphatic heterocycles. The fraction of sp³-hybridized carbons (Fsp3) is 0. The van der Waals surface area contributed by atoms with Gasteiger partial charge in [-0.2, -0.15) is 0 Å². The second kappa shape index (κ2) is 6.86. The molecule has 5 aromatic carbocycles. The minimum absolute atomic E-state index is 0.909. The molecular formula is C28H17BrO. The topological polar surface area (TPSA) is 13.1 Å². The Morgan fingerprint density at radius 1 is 0.533 bits per heavy atom. The van der Waals surface area contributed by atoms with E-state index in [1.165, 1.54) is 33.0 Å². The van der Waals surface area contributed by atoms with Gasteiger partial charge >= 0.3 is 0 Å². The van der Waals surface area contributed by atoms with Crippen LogP contribution in [0.3, 0.4) is 0 Å². The molecule has 6 rings (SSSR count). The molecule has 0 unspecified atom stereocenters. The first-order valence-corrected chi connectivity index (χ1v) is 10.8. The van der Waals surface area contributed by atoms with Gasteiger partial charge in [-0.15, -0.1) is 0 Å². The van der Waals surface area contributed by atoms with Crippen LogP contribution in [0.15, 0.2) is 112 Å². The Kier molecular flexibility index (Phi) is 4.00. The summed E-state index contributed by atoms with van der Waals surface area (Å²) in [6.07, 6.45) is 0. The highest BCUT2D eigenvalue weighted by molar-refractivity contribution is 9.10. The molecular weight excluding hydrogens is 432 g/mol. The van der Waals surface area contributed by atoms with Crippen LogP contribution < -0.4 is 0 Å². The zero-order chi connectivity index (χ0) is 20.1. The number of furan rings is 1. The third-order valence-electron chi connectivity index (χ3n) is 5.73. The molecule has 30 heavy (non-hydrogen) atoms. The number of hydrogen-bond acceptors (Lipinski definition) is 1. The van der Waals surface area contributed by atoms with E-state index in [1.807, 2.05) is 12.1 Å². The van der Waals surface area contributed by atoms with Crippen molar-refractivity contribution in [2.75, 3.05) is 0 Å². The molecule has 0 atom stereocenters. The maximum atomic E-state index is 6.06. The van der Waals surface area contributed by atoms with E-state index in [1.54, 1.807) is 0 Å². The fourth-order valence-electron chi connectivity index (χ4n) is 4.35. The fourth-order valence-corrected chi connectivity index (χ4v) is 4.71. The Bertz CT molecular complexity index is 1540. The molecule has 142 valence electrons. The van der Waals surface area contributed by atoms with Crippen molar-refractivity contribution in [3.8, 4) is 22.3 Å². The Hall–Kier alpha value is -3.36. The monoisotopic (exact) mass is 448 g/mol. The Morgan fingerprint density at radius 3 is 2.13 bits per heavy atom. The summed E-state index contributed by atoms with van der Waals surface area (Å²) in [5.74, 6) is 0. The highest BCUT2D eigenvalue weighted by atomic mass is 79.9. The Balaban J connectivity index is 1.68. The summed E-state index contributed by atoms with van der Waals surface area (Å²) in [6, 6.07) is 36.4. The van der Waals surface area contributed by atoms with Crippen molar-refractivity contribution in [3.05, 3.63) is 108 Å². The molecule has 6 aromatic rings. The molecule has 2 heteroatoms. The number of hydrogen-bond donors (Lipinski definition) is 0. The summed E-state index contributed by atoms with van der Waals surface area (Å²) >= 11 is 3.59. The smallest absolute Gasteiger partial charge is 0.135 e. The SMILES string of the molecule is Brc1ccc2oc3ccc(-c4ccc5ccccc5c4-c4ccccc4)cc3c2c1. The van der Waals surface area contributed by atoms with Gasteiger partial charge in [-0.05, 0) is 63.4 Å². The molecule has 1 nitrogen and oxygen atoms in total. The highest BCUT2D eigenvalue weighted by Crippen LogP contribution is 2.40. The average Bonchev–Trinajstić information content (AvgIpc) is 3.16. The van der Waals surface area contributed by atoms with Crippen molar-refractivity contribution < 1.29 is 4.42 Å². The third kappa shape index (κ3) is 2.76. The van der Waals surface area contributed by atoms with Crippen LogP contribution in [0.5, 0.6) is 0 Å². The maximum absolute atomic E-state index is 6.06. The molecule has 0 bridgehead atoms. The zero-order valence-corrected chi connectivity index (χ0v) is 17.7. The highest BCUT2D eigenvalue weighted by Gasteiger charge is 2.14. The van der Waals surface area contributed by atoms with Gasteiger partial charge in [0.1, 0.15) is 11.2 Å². The van der Waals surface area contributed by atoms with E-state index in [0.717, 1.165) is 26.4 Å². The lowest BCUT2D eigenvalue weighted by Crippen LogP contribution is -1.88. The van der Waals surface area contributed by atoms with Crippen LogP contribution in [-0.4, -0.2) is 0 Å². The van der Waals surface area contributed by atoms with E-state index >= 15 is 0 Å². The molecule has 0 amide bonds. The standard InChI is InChI=1S/C28H17BrO/c29-21-12-15-27-25(17-21)24-16-20(11-14-26(24)30-27)23-13-10-18-6-4-5-9-22(18)28(23)19-7-2-1-3-8-19/h1-17H. The van der Waals surface area contributed by atoms with Crippen LogP contribution >= 0.6 is 15.9 Å². The molecule has 0 saturated carbocycles. The van der Waals surface area contributed by atoms with Crippen molar-refractivity contribution in [1.29, 1.82) is 0 Å². The number of benzene rings is 5. The van der Waals surface area contributed by atoms with E-state index in [9.17, 15) is 0 Å². The second-order valence-electron chi connectivity index (χ2n) is 7.53. The molecule has 0 fully saturated rings. The van der Waals surface area contributed by atoms with E-state index < -0.39 is 0 Å². The molecule has 0 N–H and O–H groups in total. The van der Waals surface area contributed by atoms with Crippen molar-refractivity contribution in [2.45, 2.75) is 0 Å². The van der Waals surface area contributed by atoms with Gasteiger partial charge in [0.25, 0.3) is 0 Å². The predicted molar refractivity (Wildman–Crippen MR) is 130 cm³/mol. The van der Waals surface area contributed by atoms with Crippen LogP contribution in [0.2, 0.25) is 0 Å². The van der Waals surface area contributed by atoms with Crippen LogP contribution in [0.1, 0.15) is 0 Å². The first-order valence-electron chi connectivity index (χ1n) is 9.97. The molecule has 0 aliphatic carbocycles. The maximum Gasteiger partial charge on any atom is 0.135 e. The molecule has 0 radical (unpaired) electrons. The summed E-state index contributed by atoms with van der Waals surface area (Å²) in [7, 11) is 0. The van der Waals surface area contributed by atoms with Gasteiger partial charge in [0.05, 0.1) is 0 Å².